The Morgan fingerprint density at radius 2 is 1.88 bits per heavy atom. The number of ether oxygens (including phenoxy) is 2. The quantitative estimate of drug-likeness (QED) is 0.709. The third-order valence-corrected chi connectivity index (χ3v) is 5.14. The van der Waals surface area contributed by atoms with E-state index in [1.165, 1.54) is 12.1 Å². The van der Waals surface area contributed by atoms with Gasteiger partial charge in [-0.05, 0) is 61.7 Å². The van der Waals surface area contributed by atoms with Crippen LogP contribution in [0.5, 0.6) is 5.75 Å². The molecule has 1 aromatic rings. The van der Waals surface area contributed by atoms with Crippen molar-refractivity contribution in [1.82, 2.24) is 4.90 Å². The van der Waals surface area contributed by atoms with Crippen molar-refractivity contribution in [2.24, 2.45) is 0 Å². The van der Waals surface area contributed by atoms with Gasteiger partial charge in [-0.1, -0.05) is 0 Å². The molecule has 4 nitrogen and oxygen atoms in total. The summed E-state index contributed by atoms with van der Waals surface area (Å²) in [6.07, 6.45) is 3.18. The van der Waals surface area contributed by atoms with Gasteiger partial charge < -0.3 is 14.4 Å². The Morgan fingerprint density at radius 3 is 2.46 bits per heavy atom. The first-order chi connectivity index (χ1) is 11.2. The molecule has 0 spiro atoms. The average Bonchev–Trinajstić information content (AvgIpc) is 2.73. The Balaban J connectivity index is 1.67. The Morgan fingerprint density at radius 1 is 1.25 bits per heavy atom. The van der Waals surface area contributed by atoms with Gasteiger partial charge in [0.2, 0.25) is 0 Å². The predicted molar refractivity (Wildman–Crippen MR) is 92.6 cm³/mol. The monoisotopic (exact) mass is 399 g/mol. The van der Waals surface area contributed by atoms with Crippen molar-refractivity contribution in [3.8, 4) is 5.75 Å². The summed E-state index contributed by atoms with van der Waals surface area (Å²) in [5.74, 6) is 0.201. The first-order valence-electron chi connectivity index (χ1n) is 8.36. The van der Waals surface area contributed by atoms with E-state index < -0.39 is 5.60 Å². The van der Waals surface area contributed by atoms with Crippen LogP contribution < -0.4 is 4.74 Å². The summed E-state index contributed by atoms with van der Waals surface area (Å²) in [6, 6.07) is 4.71. The van der Waals surface area contributed by atoms with Gasteiger partial charge in [0.1, 0.15) is 23.3 Å². The fourth-order valence-corrected chi connectivity index (χ4v) is 3.92. The second-order valence-corrected chi connectivity index (χ2v) is 8.41. The zero-order valence-electron chi connectivity index (χ0n) is 14.2. The van der Waals surface area contributed by atoms with E-state index in [9.17, 15) is 9.18 Å². The number of halogens is 2. The Labute approximate surface area is 150 Å². The second kappa shape index (κ2) is 6.54. The molecule has 3 rings (SSSR count). The highest BCUT2D eigenvalue weighted by atomic mass is 79.9. The van der Waals surface area contributed by atoms with Crippen molar-refractivity contribution >= 4 is 22.0 Å². The van der Waals surface area contributed by atoms with E-state index in [1.807, 2.05) is 25.7 Å². The first-order valence-corrected chi connectivity index (χ1v) is 9.15. The summed E-state index contributed by atoms with van der Waals surface area (Å²) in [5.41, 5.74) is -0.490. The van der Waals surface area contributed by atoms with Crippen LogP contribution in [0.2, 0.25) is 0 Å². The lowest BCUT2D eigenvalue weighted by atomic mass is 10.00. The third kappa shape index (κ3) is 3.85. The van der Waals surface area contributed by atoms with E-state index in [0.717, 1.165) is 30.2 Å². The summed E-state index contributed by atoms with van der Waals surface area (Å²) < 4.78 is 25.7. The molecule has 2 fully saturated rings. The maximum Gasteiger partial charge on any atom is 0.410 e. The maximum atomic E-state index is 13.4. The average molecular weight is 400 g/mol. The number of amides is 1. The second-order valence-electron chi connectivity index (χ2n) is 7.56. The largest absolute Gasteiger partial charge is 0.489 e. The topological polar surface area (TPSA) is 38.8 Å². The Hall–Kier alpha value is -1.30. The molecule has 0 N–H and O–H groups in total. The molecule has 2 bridgehead atoms. The molecule has 0 aliphatic carbocycles. The Bertz CT molecular complexity index is 617. The van der Waals surface area contributed by atoms with Gasteiger partial charge in [0.25, 0.3) is 0 Å². The molecule has 3 atom stereocenters. The molecular formula is C18H23BrFNO3. The standard InChI is InChI=1S/C18H23BrFNO3/c1-18(2,3)24-17(22)21-12-5-6-13(21)10-14(9-12)23-16-8-11(20)4-7-15(16)19/h4,7-8,12-14H,5-6,9-10H2,1-3H3/t12-,13+,14?. The van der Waals surface area contributed by atoms with Gasteiger partial charge >= 0.3 is 6.09 Å². The van der Waals surface area contributed by atoms with E-state index in [-0.39, 0.29) is 30.1 Å². The number of piperidine rings is 1. The van der Waals surface area contributed by atoms with Crippen molar-refractivity contribution in [3.05, 3.63) is 28.5 Å². The molecule has 132 valence electrons. The van der Waals surface area contributed by atoms with Crippen LogP contribution in [0.15, 0.2) is 22.7 Å². The molecular weight excluding hydrogens is 377 g/mol. The van der Waals surface area contributed by atoms with Gasteiger partial charge in [-0.15, -0.1) is 0 Å². The van der Waals surface area contributed by atoms with Crippen LogP contribution in [-0.2, 0) is 4.74 Å². The highest BCUT2D eigenvalue weighted by molar-refractivity contribution is 9.10. The normalized spacial score (nSPS) is 26.4. The molecule has 24 heavy (non-hydrogen) atoms. The summed E-state index contributed by atoms with van der Waals surface area (Å²) in [7, 11) is 0. The van der Waals surface area contributed by atoms with Gasteiger partial charge in [-0.2, -0.15) is 0 Å². The van der Waals surface area contributed by atoms with Gasteiger partial charge in [0.05, 0.1) is 4.47 Å². The number of fused-ring (bicyclic) bond motifs is 2. The summed E-state index contributed by atoms with van der Waals surface area (Å²) in [6.45, 7) is 5.64. The minimum absolute atomic E-state index is 0.0145. The number of benzene rings is 1. The molecule has 2 aliphatic rings. The molecule has 0 saturated carbocycles. The van der Waals surface area contributed by atoms with E-state index in [2.05, 4.69) is 15.9 Å². The third-order valence-electron chi connectivity index (χ3n) is 4.48. The van der Waals surface area contributed by atoms with E-state index in [0.29, 0.717) is 5.75 Å². The van der Waals surface area contributed by atoms with Crippen LogP contribution in [0.25, 0.3) is 0 Å². The van der Waals surface area contributed by atoms with E-state index in [4.69, 9.17) is 9.47 Å². The van der Waals surface area contributed by atoms with Crippen LogP contribution in [0.1, 0.15) is 46.5 Å². The number of rotatable bonds is 2. The smallest absolute Gasteiger partial charge is 0.410 e. The predicted octanol–water partition coefficient (Wildman–Crippen LogP) is 4.90. The van der Waals surface area contributed by atoms with Gasteiger partial charge in [-0.3, -0.25) is 0 Å². The van der Waals surface area contributed by atoms with Crippen LogP contribution >= 0.6 is 15.9 Å². The summed E-state index contributed by atoms with van der Waals surface area (Å²) >= 11 is 3.40. The summed E-state index contributed by atoms with van der Waals surface area (Å²) in [5, 5.41) is 0. The number of nitrogens with zero attached hydrogens (tertiary/aromatic N) is 1. The molecule has 0 aromatic heterocycles. The van der Waals surface area contributed by atoms with Crippen molar-refractivity contribution in [2.75, 3.05) is 0 Å². The molecule has 2 saturated heterocycles. The SMILES string of the molecule is CC(C)(C)OC(=O)N1[C@@H]2CC[C@H]1CC(Oc1cc(F)ccc1Br)C2. The zero-order valence-corrected chi connectivity index (χ0v) is 15.8. The van der Waals surface area contributed by atoms with Gasteiger partial charge in [-0.25, -0.2) is 9.18 Å². The zero-order chi connectivity index (χ0) is 17.5. The first kappa shape index (κ1) is 17.5. The lowest BCUT2D eigenvalue weighted by molar-refractivity contribution is -0.00718. The number of carbonyl (C=O) groups excluding carboxylic acids is 1. The number of hydrogen-bond acceptors (Lipinski definition) is 3. The van der Waals surface area contributed by atoms with E-state index >= 15 is 0 Å². The highest BCUT2D eigenvalue weighted by Crippen LogP contribution is 2.39. The van der Waals surface area contributed by atoms with Crippen molar-refractivity contribution < 1.29 is 18.7 Å². The molecule has 0 radical (unpaired) electrons. The fraction of sp³-hybridized carbons (Fsp3) is 0.611. The maximum absolute atomic E-state index is 13.4. The highest BCUT2D eigenvalue weighted by Gasteiger charge is 2.45. The lowest BCUT2D eigenvalue weighted by Crippen LogP contribution is -2.50. The van der Waals surface area contributed by atoms with Crippen molar-refractivity contribution in [3.63, 3.8) is 0 Å². The summed E-state index contributed by atoms with van der Waals surface area (Å²) in [4.78, 5) is 14.3. The number of carbonyl (C=O) groups is 1. The molecule has 1 amide bonds. The lowest BCUT2D eigenvalue weighted by Gasteiger charge is -2.39. The van der Waals surface area contributed by atoms with Gasteiger partial charge in [0, 0.05) is 31.0 Å². The molecule has 2 aliphatic heterocycles. The van der Waals surface area contributed by atoms with E-state index in [1.54, 1.807) is 6.07 Å². The van der Waals surface area contributed by atoms with Crippen molar-refractivity contribution in [2.45, 2.75) is 70.2 Å². The molecule has 2 heterocycles. The van der Waals surface area contributed by atoms with Crippen LogP contribution in [-0.4, -0.2) is 34.8 Å². The minimum Gasteiger partial charge on any atom is -0.489 e. The molecule has 1 unspecified atom stereocenters. The van der Waals surface area contributed by atoms with Crippen LogP contribution in [0, 0.1) is 5.82 Å². The van der Waals surface area contributed by atoms with Crippen LogP contribution in [0.3, 0.4) is 0 Å². The number of hydrogen-bond donors (Lipinski definition) is 0. The molecule has 6 heteroatoms. The fourth-order valence-electron chi connectivity index (χ4n) is 3.58. The van der Waals surface area contributed by atoms with Crippen molar-refractivity contribution in [1.29, 1.82) is 0 Å². The Kier molecular flexibility index (Phi) is 4.78. The molecule has 1 aromatic carbocycles. The van der Waals surface area contributed by atoms with Crippen LogP contribution in [0.4, 0.5) is 9.18 Å². The van der Waals surface area contributed by atoms with Gasteiger partial charge in [0.15, 0.2) is 0 Å². The minimum atomic E-state index is -0.490.